The Hall–Kier alpha value is -2.11. The summed E-state index contributed by atoms with van der Waals surface area (Å²) in [5.41, 5.74) is 5.91. The van der Waals surface area contributed by atoms with Gasteiger partial charge >= 0.3 is 6.09 Å². The zero-order chi connectivity index (χ0) is 17.7. The van der Waals surface area contributed by atoms with Crippen LogP contribution in [0.4, 0.5) is 10.5 Å². The summed E-state index contributed by atoms with van der Waals surface area (Å²) in [6, 6.07) is 5.37. The predicted octanol–water partition coefficient (Wildman–Crippen LogP) is 3.30. The molecule has 1 fully saturated rings. The highest BCUT2D eigenvalue weighted by Crippen LogP contribution is 2.27. The van der Waals surface area contributed by atoms with E-state index in [0.717, 1.165) is 25.1 Å². The Bertz CT molecular complexity index is 569. The maximum atomic E-state index is 12.2. The third-order valence-corrected chi connectivity index (χ3v) is 3.86. The SMILES string of the molecule is COc1cc(OCC2CCCN(C(=O)OC(C)(C)C)C2)ccc1N. The summed E-state index contributed by atoms with van der Waals surface area (Å²) in [4.78, 5) is 14.0. The van der Waals surface area contributed by atoms with Gasteiger partial charge in [-0.15, -0.1) is 0 Å². The van der Waals surface area contributed by atoms with Gasteiger partial charge in [0, 0.05) is 25.1 Å². The molecule has 0 saturated carbocycles. The number of carbonyl (C=O) groups excluding carboxylic acids is 1. The lowest BCUT2D eigenvalue weighted by atomic mass is 9.99. The van der Waals surface area contributed by atoms with Crippen molar-refractivity contribution in [3.63, 3.8) is 0 Å². The molecule has 0 radical (unpaired) electrons. The van der Waals surface area contributed by atoms with Gasteiger partial charge in [0.05, 0.1) is 19.4 Å². The highest BCUT2D eigenvalue weighted by molar-refractivity contribution is 5.68. The van der Waals surface area contributed by atoms with Gasteiger partial charge in [0.15, 0.2) is 0 Å². The Morgan fingerprint density at radius 3 is 2.79 bits per heavy atom. The summed E-state index contributed by atoms with van der Waals surface area (Å²) in [6.07, 6.45) is 1.74. The van der Waals surface area contributed by atoms with Crippen LogP contribution in [-0.4, -0.2) is 43.4 Å². The van der Waals surface area contributed by atoms with E-state index in [-0.39, 0.29) is 12.0 Å². The minimum atomic E-state index is -0.471. The number of nitrogens with two attached hydrogens (primary N) is 1. The number of rotatable bonds is 4. The molecule has 2 N–H and O–H groups in total. The summed E-state index contributed by atoms with van der Waals surface area (Å²) in [6.45, 7) is 7.58. The maximum absolute atomic E-state index is 12.2. The molecule has 0 spiro atoms. The summed E-state index contributed by atoms with van der Waals surface area (Å²) >= 11 is 0. The predicted molar refractivity (Wildman–Crippen MR) is 93.4 cm³/mol. The molecule has 1 amide bonds. The summed E-state index contributed by atoms with van der Waals surface area (Å²) in [5.74, 6) is 1.61. The topological polar surface area (TPSA) is 74.0 Å². The first kappa shape index (κ1) is 18.2. The fourth-order valence-corrected chi connectivity index (χ4v) is 2.69. The van der Waals surface area contributed by atoms with E-state index in [4.69, 9.17) is 19.9 Å². The van der Waals surface area contributed by atoms with Crippen molar-refractivity contribution in [2.24, 2.45) is 5.92 Å². The number of nitrogen functional groups attached to an aromatic ring is 1. The first-order chi connectivity index (χ1) is 11.3. The van der Waals surface area contributed by atoms with Crippen molar-refractivity contribution in [1.82, 2.24) is 4.90 Å². The molecular weight excluding hydrogens is 308 g/mol. The molecule has 1 heterocycles. The van der Waals surface area contributed by atoms with Gasteiger partial charge in [-0.3, -0.25) is 0 Å². The van der Waals surface area contributed by atoms with Gasteiger partial charge in [0.25, 0.3) is 0 Å². The van der Waals surface area contributed by atoms with E-state index < -0.39 is 5.60 Å². The molecule has 0 aliphatic carbocycles. The van der Waals surface area contributed by atoms with Crippen LogP contribution < -0.4 is 15.2 Å². The van der Waals surface area contributed by atoms with E-state index in [0.29, 0.717) is 24.6 Å². The van der Waals surface area contributed by atoms with E-state index in [2.05, 4.69) is 0 Å². The van der Waals surface area contributed by atoms with Crippen LogP contribution in [-0.2, 0) is 4.74 Å². The third kappa shape index (κ3) is 5.22. The number of ether oxygens (including phenoxy) is 3. The normalized spacial score (nSPS) is 18.2. The smallest absolute Gasteiger partial charge is 0.410 e. The van der Waals surface area contributed by atoms with Gasteiger partial charge in [-0.2, -0.15) is 0 Å². The molecule has 2 rings (SSSR count). The van der Waals surface area contributed by atoms with E-state index in [9.17, 15) is 4.79 Å². The van der Waals surface area contributed by atoms with Gasteiger partial charge < -0.3 is 24.8 Å². The Morgan fingerprint density at radius 2 is 2.12 bits per heavy atom. The number of anilines is 1. The first-order valence-corrected chi connectivity index (χ1v) is 8.33. The summed E-state index contributed by atoms with van der Waals surface area (Å²) in [5, 5.41) is 0. The van der Waals surface area contributed by atoms with Crippen molar-refractivity contribution >= 4 is 11.8 Å². The standard InChI is InChI=1S/C18H28N2O4/c1-18(2,3)24-17(21)20-9-5-6-13(11-20)12-23-14-7-8-15(19)16(10-14)22-4/h7-8,10,13H,5-6,9,11-12,19H2,1-4H3. The van der Waals surface area contributed by atoms with Gasteiger partial charge in [0.1, 0.15) is 17.1 Å². The monoisotopic (exact) mass is 336 g/mol. The lowest BCUT2D eigenvalue weighted by Crippen LogP contribution is -2.44. The molecule has 24 heavy (non-hydrogen) atoms. The molecule has 6 nitrogen and oxygen atoms in total. The number of hydrogen-bond acceptors (Lipinski definition) is 5. The number of carbonyl (C=O) groups is 1. The molecule has 1 aromatic rings. The van der Waals surface area contributed by atoms with Crippen LogP contribution in [0.5, 0.6) is 11.5 Å². The Balaban J connectivity index is 1.88. The van der Waals surface area contributed by atoms with Crippen LogP contribution in [0.3, 0.4) is 0 Å². The van der Waals surface area contributed by atoms with Gasteiger partial charge in [0.2, 0.25) is 0 Å². The molecule has 0 aromatic heterocycles. The van der Waals surface area contributed by atoms with Gasteiger partial charge in [-0.05, 0) is 45.7 Å². The van der Waals surface area contributed by atoms with Crippen LogP contribution >= 0.6 is 0 Å². The van der Waals surface area contributed by atoms with Gasteiger partial charge in [-0.1, -0.05) is 0 Å². The van der Waals surface area contributed by atoms with Crippen LogP contribution in [0.2, 0.25) is 0 Å². The fraction of sp³-hybridized carbons (Fsp3) is 0.611. The molecule has 1 aromatic carbocycles. The highest BCUT2D eigenvalue weighted by Gasteiger charge is 2.27. The number of nitrogens with zero attached hydrogens (tertiary/aromatic N) is 1. The number of hydrogen-bond donors (Lipinski definition) is 1. The van der Waals surface area contributed by atoms with E-state index in [1.54, 1.807) is 24.1 Å². The highest BCUT2D eigenvalue weighted by atomic mass is 16.6. The minimum absolute atomic E-state index is 0.249. The van der Waals surface area contributed by atoms with Crippen LogP contribution in [0.25, 0.3) is 0 Å². The van der Waals surface area contributed by atoms with Crippen molar-refractivity contribution in [3.8, 4) is 11.5 Å². The molecule has 0 bridgehead atoms. The van der Waals surface area contributed by atoms with Crippen LogP contribution in [0, 0.1) is 5.92 Å². The fourth-order valence-electron chi connectivity index (χ4n) is 2.69. The number of amides is 1. The van der Waals surface area contributed by atoms with Gasteiger partial charge in [-0.25, -0.2) is 4.79 Å². The molecule has 1 aliphatic heterocycles. The van der Waals surface area contributed by atoms with Crippen molar-refractivity contribution in [2.75, 3.05) is 32.5 Å². The summed E-state index contributed by atoms with van der Waals surface area (Å²) in [7, 11) is 1.58. The second-order valence-electron chi connectivity index (χ2n) is 7.15. The average molecular weight is 336 g/mol. The third-order valence-electron chi connectivity index (χ3n) is 3.86. The Labute approximate surface area is 143 Å². The molecule has 6 heteroatoms. The lowest BCUT2D eigenvalue weighted by molar-refractivity contribution is 0.0139. The van der Waals surface area contributed by atoms with E-state index in [1.807, 2.05) is 26.8 Å². The van der Waals surface area contributed by atoms with Crippen LogP contribution in [0.15, 0.2) is 18.2 Å². The second-order valence-corrected chi connectivity index (χ2v) is 7.15. The number of methoxy groups -OCH3 is 1. The van der Waals surface area contributed by atoms with Crippen molar-refractivity contribution in [3.05, 3.63) is 18.2 Å². The number of piperidine rings is 1. The Morgan fingerprint density at radius 1 is 1.38 bits per heavy atom. The quantitative estimate of drug-likeness (QED) is 0.854. The molecule has 1 unspecified atom stereocenters. The summed E-state index contributed by atoms with van der Waals surface area (Å²) < 4.78 is 16.5. The second kappa shape index (κ2) is 7.64. The van der Waals surface area contributed by atoms with Crippen molar-refractivity contribution in [1.29, 1.82) is 0 Å². The largest absolute Gasteiger partial charge is 0.494 e. The molecule has 134 valence electrons. The lowest BCUT2D eigenvalue weighted by Gasteiger charge is -2.34. The maximum Gasteiger partial charge on any atom is 0.410 e. The molecule has 1 saturated heterocycles. The van der Waals surface area contributed by atoms with Crippen molar-refractivity contribution in [2.45, 2.75) is 39.2 Å². The van der Waals surface area contributed by atoms with E-state index in [1.165, 1.54) is 0 Å². The van der Waals surface area contributed by atoms with Crippen LogP contribution in [0.1, 0.15) is 33.6 Å². The number of likely N-dealkylation sites (tertiary alicyclic amines) is 1. The first-order valence-electron chi connectivity index (χ1n) is 8.33. The Kier molecular flexibility index (Phi) is 5.80. The average Bonchev–Trinajstić information content (AvgIpc) is 2.53. The molecule has 1 atom stereocenters. The zero-order valence-corrected chi connectivity index (χ0v) is 15.0. The molecule has 1 aliphatic rings. The number of benzene rings is 1. The minimum Gasteiger partial charge on any atom is -0.494 e. The van der Waals surface area contributed by atoms with E-state index >= 15 is 0 Å². The molecular formula is C18H28N2O4. The zero-order valence-electron chi connectivity index (χ0n) is 15.0. The van der Waals surface area contributed by atoms with Crippen molar-refractivity contribution < 1.29 is 19.0 Å².